The number of aromatic amines is 1. The molecule has 82 heavy (non-hydrogen) atoms. The summed E-state index contributed by atoms with van der Waals surface area (Å²) in [6.45, 7) is 12.8. The maximum atomic E-state index is 14.9. The van der Waals surface area contributed by atoms with E-state index in [9.17, 15) is 28.4 Å². The van der Waals surface area contributed by atoms with Crippen LogP contribution in [0.3, 0.4) is 0 Å². The summed E-state index contributed by atoms with van der Waals surface area (Å²) in [4.78, 5) is 48.6. The van der Waals surface area contributed by atoms with Crippen LogP contribution in [0.25, 0.3) is 11.0 Å². The van der Waals surface area contributed by atoms with Crippen LogP contribution >= 0.6 is 0 Å². The van der Waals surface area contributed by atoms with Crippen molar-refractivity contribution in [1.82, 2.24) is 29.5 Å². The van der Waals surface area contributed by atoms with E-state index in [4.69, 9.17) is 23.9 Å². The zero-order chi connectivity index (χ0) is 57.1. The number of nitro groups is 1. The third kappa shape index (κ3) is 10.7. The van der Waals surface area contributed by atoms with Gasteiger partial charge in [-0.15, -0.1) is 0 Å². The highest BCUT2D eigenvalue weighted by atomic mass is 32.2. The average molecular weight is 1140 g/mol. The van der Waals surface area contributed by atoms with Crippen molar-refractivity contribution in [2.24, 2.45) is 17.3 Å². The van der Waals surface area contributed by atoms with Crippen LogP contribution < -0.4 is 34.0 Å². The minimum atomic E-state index is -4.65. The highest BCUT2D eigenvalue weighted by molar-refractivity contribution is 7.90. The number of aliphatic hydroxyl groups is 1. The van der Waals surface area contributed by atoms with Crippen molar-refractivity contribution in [2.75, 3.05) is 81.8 Å². The molecule has 5 fully saturated rings. The van der Waals surface area contributed by atoms with Crippen LogP contribution in [0, 0.1) is 34.3 Å². The molecule has 0 radical (unpaired) electrons. The molecule has 1 spiro atoms. The molecule has 6 aliphatic rings. The van der Waals surface area contributed by atoms with Crippen molar-refractivity contribution >= 4 is 55.4 Å². The second-order valence-electron chi connectivity index (χ2n) is 23.9. The van der Waals surface area contributed by atoms with Crippen LogP contribution in [0.15, 0.2) is 96.2 Å². The van der Waals surface area contributed by atoms with Crippen molar-refractivity contribution in [1.29, 1.82) is 0 Å². The molecule has 3 aromatic heterocycles. The molecule has 21 heteroatoms. The first kappa shape index (κ1) is 55.5. The summed E-state index contributed by atoms with van der Waals surface area (Å²) in [5.74, 6) is 1.21. The maximum absolute atomic E-state index is 14.9. The van der Waals surface area contributed by atoms with Gasteiger partial charge in [0.1, 0.15) is 23.1 Å². The lowest BCUT2D eigenvalue weighted by atomic mass is 9.53. The molecule has 2 aliphatic carbocycles. The fourth-order valence-corrected chi connectivity index (χ4v) is 15.1. The largest absolute Gasteiger partial charge is 0.491 e. The molecule has 2 saturated carbocycles. The number of nitrogens with one attached hydrogen (secondary N) is 3. The Hall–Kier alpha value is -7.04. The van der Waals surface area contributed by atoms with Gasteiger partial charge in [0.2, 0.25) is 5.88 Å². The zero-order valence-electron chi connectivity index (χ0n) is 47.3. The average Bonchev–Trinajstić information content (AvgIpc) is 1.61. The molecule has 4 aliphatic heterocycles. The Kier molecular flexibility index (Phi) is 15.1. The third-order valence-electron chi connectivity index (χ3n) is 19.0. The predicted octanol–water partition coefficient (Wildman–Crippen LogP) is 8.91. The van der Waals surface area contributed by atoms with Crippen LogP contribution in [-0.2, 0) is 21.3 Å². The summed E-state index contributed by atoms with van der Waals surface area (Å²) in [5, 5.41) is 26.9. The Morgan fingerprint density at radius 2 is 1.76 bits per heavy atom. The van der Waals surface area contributed by atoms with Crippen LogP contribution in [0.2, 0.25) is 0 Å². The molecule has 7 heterocycles. The van der Waals surface area contributed by atoms with Gasteiger partial charge in [-0.2, -0.15) is 4.98 Å². The second kappa shape index (κ2) is 22.3. The second-order valence-corrected chi connectivity index (χ2v) is 25.6. The number of anilines is 4. The van der Waals surface area contributed by atoms with Crippen molar-refractivity contribution in [2.45, 2.75) is 113 Å². The van der Waals surface area contributed by atoms with Crippen molar-refractivity contribution in [3.63, 3.8) is 0 Å². The topological polar surface area (TPSA) is 230 Å². The monoisotopic (exact) mass is 1140 g/mol. The normalized spacial score (nSPS) is 25.6. The lowest BCUT2D eigenvalue weighted by molar-refractivity contribution is -0.384. The number of hydrogen-bond donors (Lipinski definition) is 4. The number of nitrogens with zero attached hydrogens (tertiary/aromatic N) is 7. The molecule has 3 aromatic carbocycles. The lowest BCUT2D eigenvalue weighted by Crippen LogP contribution is -2.64. The molecule has 5 atom stereocenters. The number of sulfonamides is 1. The summed E-state index contributed by atoms with van der Waals surface area (Å²) < 4.78 is 54.4. The van der Waals surface area contributed by atoms with Crippen molar-refractivity contribution < 1.29 is 42.2 Å². The molecule has 12 rings (SSSR count). The van der Waals surface area contributed by atoms with Crippen LogP contribution in [0.1, 0.15) is 98.3 Å². The quantitative estimate of drug-likeness (QED) is 0.0555. The molecular formula is C61H74N10O10S. The Morgan fingerprint density at radius 3 is 2.51 bits per heavy atom. The standard InChI is InChI=1S/C61H74N10O10S/c1-38-8-6-7-9-45(38)53-36-67(35-41-28-54(78-4)59(79-5)64-34-41)25-26-69(53)52-32-61(39(52)2)20-23-68(24-21-61)43-10-12-46(49(30-43)70-48-17-27-80-37-55(48)81-58-51(70)29-42-16-22-62-56(42)65-58)57(72)66-82(76,77)44-11-13-47(50(31-44)71(74)75)63-33-40-14-18-60(3,73)19-15-40/h6-13,16,22,28-31,34,39-40,48,52-53,55,63,73H,14-15,17-21,23-27,32-33,35-37H2,1-5H3,(H,62,65)(H,66,72)/t39-,40?,48-,52-,53-,55-,60?/m0/s1. The Bertz CT molecular complexity index is 3490. The number of piperidine rings is 1. The highest BCUT2D eigenvalue weighted by Crippen LogP contribution is 2.57. The van der Waals surface area contributed by atoms with E-state index in [1.54, 1.807) is 20.3 Å². The number of amides is 1. The molecule has 0 unspecified atom stereocenters. The van der Waals surface area contributed by atoms with E-state index in [0.717, 1.165) is 94.1 Å². The minimum Gasteiger partial charge on any atom is -0.491 e. The molecule has 1 amide bonds. The molecular weight excluding hydrogens is 1060 g/mol. The summed E-state index contributed by atoms with van der Waals surface area (Å²) >= 11 is 0. The predicted molar refractivity (Wildman–Crippen MR) is 312 cm³/mol. The number of hydrogen-bond acceptors (Lipinski definition) is 17. The van der Waals surface area contributed by atoms with Crippen LogP contribution in [-0.4, -0.2) is 140 Å². The molecule has 6 aromatic rings. The molecule has 20 nitrogen and oxygen atoms in total. The smallest absolute Gasteiger partial charge is 0.293 e. The van der Waals surface area contributed by atoms with Gasteiger partial charge in [-0.3, -0.25) is 24.7 Å². The van der Waals surface area contributed by atoms with E-state index < -0.39 is 43.1 Å². The SMILES string of the molecule is COc1cc(CN2CCN([C@H]3CC4(CCN(c5ccc(C(=O)NS(=O)(=O)c6ccc(NCC7CCC(C)(O)CC7)c([N+](=O)[O-])c6)c(N6c7cc8cc[nH]c8nc7O[C@H]7COCC[C@@H]76)c5)CC4)[C@H]3C)[C@H](c3ccccc3C)C2)cnc1OC. The maximum Gasteiger partial charge on any atom is 0.293 e. The Balaban J connectivity index is 0.800. The van der Waals surface area contributed by atoms with E-state index in [1.165, 1.54) is 23.3 Å². The Labute approximate surface area is 478 Å². The number of methoxy groups -OCH3 is 2. The summed E-state index contributed by atoms with van der Waals surface area (Å²) in [6, 6.07) is 24.3. The highest BCUT2D eigenvalue weighted by Gasteiger charge is 2.55. The Morgan fingerprint density at radius 1 is 0.951 bits per heavy atom. The summed E-state index contributed by atoms with van der Waals surface area (Å²) in [5.41, 5.74) is 5.68. The number of rotatable bonds is 15. The number of carbonyl (C=O) groups excluding carboxylic acids is 1. The number of fused-ring (bicyclic) bond motifs is 3. The molecule has 4 N–H and O–H groups in total. The number of benzene rings is 3. The number of carbonyl (C=O) groups is 1. The van der Waals surface area contributed by atoms with Gasteiger partial charge < -0.3 is 44.2 Å². The summed E-state index contributed by atoms with van der Waals surface area (Å²) in [7, 11) is -1.41. The van der Waals surface area contributed by atoms with Gasteiger partial charge in [0.15, 0.2) is 5.75 Å². The first-order valence-corrected chi connectivity index (χ1v) is 30.3. The number of ether oxygens (including phenoxy) is 4. The minimum absolute atomic E-state index is 0.103. The number of H-pyrrole nitrogens is 1. The van der Waals surface area contributed by atoms with E-state index >= 15 is 0 Å². The lowest BCUT2D eigenvalue weighted by Gasteiger charge is -2.62. The number of nitro benzene ring substituents is 1. The van der Waals surface area contributed by atoms with Crippen LogP contribution in [0.4, 0.5) is 28.4 Å². The molecule has 3 saturated heterocycles. The fourth-order valence-electron chi connectivity index (χ4n) is 14.1. The number of aryl methyl sites for hydroxylation is 1. The zero-order valence-corrected chi connectivity index (χ0v) is 48.1. The van der Waals surface area contributed by atoms with Gasteiger partial charge in [-0.1, -0.05) is 31.2 Å². The fraction of sp³-hybridized carbons (Fsp3) is 0.492. The van der Waals surface area contributed by atoms with E-state index in [0.29, 0.717) is 85.5 Å². The summed E-state index contributed by atoms with van der Waals surface area (Å²) in [6.07, 6.45) is 9.65. The number of piperazine rings is 1. The van der Waals surface area contributed by atoms with Gasteiger partial charge >= 0.3 is 0 Å². The number of aromatic nitrogens is 3. The van der Waals surface area contributed by atoms with Gasteiger partial charge in [0, 0.05) is 94.0 Å². The number of pyridine rings is 2. The van der Waals surface area contributed by atoms with Crippen LogP contribution in [0.5, 0.6) is 17.5 Å². The van der Waals surface area contributed by atoms with Gasteiger partial charge in [0.25, 0.3) is 27.5 Å². The van der Waals surface area contributed by atoms with Crippen molar-refractivity contribution in [3.05, 3.63) is 124 Å². The third-order valence-corrected chi connectivity index (χ3v) is 20.3. The molecule has 434 valence electrons. The van der Waals surface area contributed by atoms with Gasteiger partial charge in [-0.25, -0.2) is 18.1 Å². The van der Waals surface area contributed by atoms with Crippen molar-refractivity contribution in [3.8, 4) is 17.5 Å². The van der Waals surface area contributed by atoms with E-state index in [-0.39, 0.29) is 34.7 Å². The van der Waals surface area contributed by atoms with E-state index in [2.05, 4.69) is 77.7 Å². The van der Waals surface area contributed by atoms with Gasteiger partial charge in [0.05, 0.1) is 53.5 Å². The first-order chi connectivity index (χ1) is 39.5. The van der Waals surface area contributed by atoms with Gasteiger partial charge in [-0.05, 0) is 148 Å². The van der Waals surface area contributed by atoms with E-state index in [1.807, 2.05) is 49.6 Å². The first-order valence-electron chi connectivity index (χ1n) is 28.8. The molecule has 0 bridgehead atoms.